The number of thiocarbonyl (C=S) groups is 1. The molecule has 0 aliphatic heterocycles. The van der Waals surface area contributed by atoms with E-state index in [4.69, 9.17) is 12.2 Å². The van der Waals surface area contributed by atoms with Gasteiger partial charge in [-0.2, -0.15) is 0 Å². The van der Waals surface area contributed by atoms with Gasteiger partial charge in [0.1, 0.15) is 0 Å². The molecule has 1 saturated carbocycles. The van der Waals surface area contributed by atoms with Crippen LogP contribution in [0.5, 0.6) is 0 Å². The lowest BCUT2D eigenvalue weighted by Gasteiger charge is -2.33. The van der Waals surface area contributed by atoms with Crippen molar-refractivity contribution in [3.05, 3.63) is 35.4 Å². The number of carbonyl (C=O) groups excluding carboxylic acids is 1. The monoisotopic (exact) mass is 360 g/mol. The van der Waals surface area contributed by atoms with Crippen molar-refractivity contribution in [3.8, 4) is 0 Å². The molecule has 0 spiro atoms. The van der Waals surface area contributed by atoms with Crippen LogP contribution in [0.4, 0.5) is 0 Å². The fourth-order valence-electron chi connectivity index (χ4n) is 3.50. The lowest BCUT2D eigenvalue weighted by atomic mass is 9.94. The first-order valence-corrected chi connectivity index (χ1v) is 9.95. The highest BCUT2D eigenvalue weighted by Gasteiger charge is 2.23. The summed E-state index contributed by atoms with van der Waals surface area (Å²) in [5.41, 5.74) is 2.35. The topological polar surface area (TPSA) is 32.3 Å². The van der Waals surface area contributed by atoms with Gasteiger partial charge in [0.2, 0.25) is 5.91 Å². The first-order chi connectivity index (χ1) is 11.9. The van der Waals surface area contributed by atoms with Crippen molar-refractivity contribution in [2.45, 2.75) is 71.3 Å². The van der Waals surface area contributed by atoms with E-state index in [1.54, 1.807) is 0 Å². The molecule has 1 atom stereocenters. The SMILES string of the molecule is CC(C)Cc1ccc(C(C)C(=O)NC(=S)N(C)C2CCCCC2)cc1. The summed E-state index contributed by atoms with van der Waals surface area (Å²) in [5, 5.41) is 3.50. The van der Waals surface area contributed by atoms with Gasteiger partial charge in [0.05, 0.1) is 5.92 Å². The zero-order chi connectivity index (χ0) is 18.4. The van der Waals surface area contributed by atoms with E-state index in [0.29, 0.717) is 17.1 Å². The minimum Gasteiger partial charge on any atom is -0.349 e. The number of rotatable bonds is 5. The lowest BCUT2D eigenvalue weighted by Crippen LogP contribution is -2.47. The summed E-state index contributed by atoms with van der Waals surface area (Å²) in [4.78, 5) is 14.7. The molecule has 0 aromatic heterocycles. The highest BCUT2D eigenvalue weighted by atomic mass is 32.1. The van der Waals surface area contributed by atoms with E-state index in [0.717, 1.165) is 12.0 Å². The molecular weight excluding hydrogens is 328 g/mol. The van der Waals surface area contributed by atoms with E-state index in [9.17, 15) is 4.79 Å². The Balaban J connectivity index is 1.91. The van der Waals surface area contributed by atoms with Gasteiger partial charge >= 0.3 is 0 Å². The highest BCUT2D eigenvalue weighted by Crippen LogP contribution is 2.22. The minimum atomic E-state index is -0.203. The number of nitrogens with zero attached hydrogens (tertiary/aromatic N) is 1. The predicted octanol–water partition coefficient (Wildman–Crippen LogP) is 4.65. The summed E-state index contributed by atoms with van der Waals surface area (Å²) in [5.74, 6) is 0.411. The van der Waals surface area contributed by atoms with Gasteiger partial charge in [-0.3, -0.25) is 4.79 Å². The molecule has 1 aliphatic rings. The maximum absolute atomic E-state index is 12.6. The van der Waals surface area contributed by atoms with Crippen LogP contribution in [-0.4, -0.2) is 29.0 Å². The standard InChI is InChI=1S/C21H32N2OS/c1-15(2)14-17-10-12-18(13-11-17)16(3)20(24)22-21(25)23(4)19-8-6-5-7-9-19/h10-13,15-16,19H,5-9,14H2,1-4H3,(H,22,24,25). The molecule has 138 valence electrons. The predicted molar refractivity (Wildman–Crippen MR) is 109 cm³/mol. The molecule has 0 saturated heterocycles. The number of hydrogen-bond acceptors (Lipinski definition) is 2. The lowest BCUT2D eigenvalue weighted by molar-refractivity contribution is -0.120. The van der Waals surface area contributed by atoms with Crippen molar-refractivity contribution in [3.63, 3.8) is 0 Å². The van der Waals surface area contributed by atoms with Crippen molar-refractivity contribution in [2.75, 3.05) is 7.05 Å². The molecule has 0 radical (unpaired) electrons. The van der Waals surface area contributed by atoms with Gasteiger partial charge in [0, 0.05) is 13.1 Å². The van der Waals surface area contributed by atoms with E-state index in [1.165, 1.54) is 37.7 Å². The number of nitrogens with one attached hydrogen (secondary N) is 1. The molecule has 25 heavy (non-hydrogen) atoms. The fraction of sp³-hybridized carbons (Fsp3) is 0.619. The third kappa shape index (κ3) is 5.81. The van der Waals surface area contributed by atoms with Crippen LogP contribution in [0, 0.1) is 5.92 Å². The second kappa shape index (κ2) is 9.33. The zero-order valence-electron chi connectivity index (χ0n) is 16.0. The van der Waals surface area contributed by atoms with E-state index in [-0.39, 0.29) is 11.8 Å². The van der Waals surface area contributed by atoms with Crippen LogP contribution in [0.1, 0.15) is 69.9 Å². The van der Waals surface area contributed by atoms with Gasteiger partial charge < -0.3 is 10.2 Å². The fourth-order valence-corrected chi connectivity index (χ4v) is 3.75. The molecule has 1 N–H and O–H groups in total. The molecule has 1 aromatic rings. The van der Waals surface area contributed by atoms with Gasteiger partial charge in [-0.1, -0.05) is 57.4 Å². The first kappa shape index (κ1) is 19.9. The molecule has 2 rings (SSSR count). The van der Waals surface area contributed by atoms with Crippen LogP contribution >= 0.6 is 12.2 Å². The minimum absolute atomic E-state index is 0.0238. The summed E-state index contributed by atoms with van der Waals surface area (Å²) in [6, 6.07) is 8.86. The van der Waals surface area contributed by atoms with Gasteiger partial charge in [0.15, 0.2) is 5.11 Å². The largest absolute Gasteiger partial charge is 0.349 e. The molecular formula is C21H32N2OS. The van der Waals surface area contributed by atoms with Crippen molar-refractivity contribution in [2.24, 2.45) is 5.92 Å². The van der Waals surface area contributed by atoms with Crippen molar-refractivity contribution in [1.82, 2.24) is 10.2 Å². The third-order valence-corrected chi connectivity index (χ3v) is 5.58. The van der Waals surface area contributed by atoms with Crippen molar-refractivity contribution in [1.29, 1.82) is 0 Å². The summed E-state index contributed by atoms with van der Waals surface area (Å²) in [7, 11) is 2.00. The Morgan fingerprint density at radius 1 is 1.16 bits per heavy atom. The van der Waals surface area contributed by atoms with Crippen LogP contribution in [0.2, 0.25) is 0 Å². The number of carbonyl (C=O) groups is 1. The molecule has 0 bridgehead atoms. The van der Waals surface area contributed by atoms with Gasteiger partial charge in [-0.25, -0.2) is 0 Å². The number of benzene rings is 1. The smallest absolute Gasteiger partial charge is 0.233 e. The van der Waals surface area contributed by atoms with E-state index < -0.39 is 0 Å². The summed E-state index contributed by atoms with van der Waals surface area (Å²) >= 11 is 5.47. The van der Waals surface area contributed by atoms with Crippen LogP contribution in [0.3, 0.4) is 0 Å². The average molecular weight is 361 g/mol. The molecule has 4 heteroatoms. The Bertz CT molecular complexity index is 576. The maximum atomic E-state index is 12.6. The Kier molecular flexibility index (Phi) is 7.42. The molecule has 1 unspecified atom stereocenters. The summed E-state index contributed by atoms with van der Waals surface area (Å²) in [6.07, 6.45) is 7.22. The Morgan fingerprint density at radius 3 is 2.32 bits per heavy atom. The number of amides is 1. The number of hydrogen-bond donors (Lipinski definition) is 1. The first-order valence-electron chi connectivity index (χ1n) is 9.55. The molecule has 1 aliphatic carbocycles. The molecule has 1 amide bonds. The normalized spacial score (nSPS) is 16.5. The summed E-state index contributed by atoms with van der Waals surface area (Å²) in [6.45, 7) is 6.37. The molecule has 1 fully saturated rings. The Morgan fingerprint density at radius 2 is 1.76 bits per heavy atom. The zero-order valence-corrected chi connectivity index (χ0v) is 16.9. The van der Waals surface area contributed by atoms with Gasteiger partial charge in [0.25, 0.3) is 0 Å². The van der Waals surface area contributed by atoms with Crippen molar-refractivity contribution >= 4 is 23.2 Å². The second-order valence-corrected chi connectivity index (χ2v) is 8.15. The Labute approximate surface area is 158 Å². The average Bonchev–Trinajstić information content (AvgIpc) is 2.61. The van der Waals surface area contributed by atoms with Crippen LogP contribution < -0.4 is 5.32 Å². The second-order valence-electron chi connectivity index (χ2n) is 7.76. The quantitative estimate of drug-likeness (QED) is 0.776. The van der Waals surface area contributed by atoms with Gasteiger partial charge in [-0.05, 0) is 55.4 Å². The molecule has 1 aromatic carbocycles. The third-order valence-electron chi connectivity index (χ3n) is 5.19. The van der Waals surface area contributed by atoms with Crippen LogP contribution in [0.25, 0.3) is 0 Å². The van der Waals surface area contributed by atoms with E-state index >= 15 is 0 Å². The maximum Gasteiger partial charge on any atom is 0.233 e. The van der Waals surface area contributed by atoms with E-state index in [1.807, 2.05) is 14.0 Å². The highest BCUT2D eigenvalue weighted by molar-refractivity contribution is 7.80. The van der Waals surface area contributed by atoms with Crippen LogP contribution in [-0.2, 0) is 11.2 Å². The van der Waals surface area contributed by atoms with Gasteiger partial charge in [-0.15, -0.1) is 0 Å². The van der Waals surface area contributed by atoms with Crippen LogP contribution in [0.15, 0.2) is 24.3 Å². The van der Waals surface area contributed by atoms with E-state index in [2.05, 4.69) is 48.3 Å². The van der Waals surface area contributed by atoms with Crippen molar-refractivity contribution < 1.29 is 4.79 Å². The Hall–Kier alpha value is -1.42. The molecule has 0 heterocycles. The molecule has 3 nitrogen and oxygen atoms in total. The summed E-state index contributed by atoms with van der Waals surface area (Å²) < 4.78 is 0.